The molecule has 0 fully saturated rings. The molecule has 0 spiro atoms. The largest absolute Gasteiger partial charge is 0.493 e. The van der Waals surface area contributed by atoms with Crippen LogP contribution in [0.4, 0.5) is 0 Å². The second kappa shape index (κ2) is 3.79. The van der Waals surface area contributed by atoms with Gasteiger partial charge in [-0.2, -0.15) is 0 Å². The van der Waals surface area contributed by atoms with Crippen molar-refractivity contribution >= 4 is 11.6 Å². The van der Waals surface area contributed by atoms with Crippen LogP contribution in [0.1, 0.15) is 24.1 Å². The van der Waals surface area contributed by atoms with Crippen LogP contribution in [-0.2, 0) is 6.42 Å². The van der Waals surface area contributed by atoms with Crippen LogP contribution < -0.4 is 10.1 Å². The van der Waals surface area contributed by atoms with E-state index in [9.17, 15) is 0 Å². The molecule has 0 saturated carbocycles. The quantitative estimate of drug-likeness (QED) is 0.812. The fraction of sp³-hybridized carbons (Fsp3) is 0.455. The Bertz CT molecular complexity index is 351. The Morgan fingerprint density at radius 1 is 1.50 bits per heavy atom. The molecule has 0 saturated heterocycles. The molecule has 0 aromatic heterocycles. The van der Waals surface area contributed by atoms with Crippen molar-refractivity contribution in [2.75, 3.05) is 13.7 Å². The van der Waals surface area contributed by atoms with E-state index in [0.29, 0.717) is 0 Å². The third-order valence-electron chi connectivity index (χ3n) is 2.68. The molecule has 1 aliphatic rings. The fourth-order valence-corrected chi connectivity index (χ4v) is 2.02. The van der Waals surface area contributed by atoms with Crippen LogP contribution in [0.5, 0.6) is 5.75 Å². The van der Waals surface area contributed by atoms with Crippen molar-refractivity contribution in [3.8, 4) is 5.75 Å². The first-order valence-corrected chi connectivity index (χ1v) is 5.22. The van der Waals surface area contributed by atoms with Crippen LogP contribution in [-0.4, -0.2) is 13.7 Å². The monoisotopic (exact) mass is 211 g/mol. The molecule has 1 aromatic carbocycles. The van der Waals surface area contributed by atoms with E-state index in [1.165, 1.54) is 5.56 Å². The summed E-state index contributed by atoms with van der Waals surface area (Å²) >= 11 is 6.05. The number of halogens is 1. The van der Waals surface area contributed by atoms with Gasteiger partial charge in [0.15, 0.2) is 0 Å². The molecule has 1 heterocycles. The molecule has 1 unspecified atom stereocenters. The maximum Gasteiger partial charge on any atom is 0.127 e. The fourth-order valence-electron chi connectivity index (χ4n) is 1.78. The Kier molecular flexibility index (Phi) is 2.66. The molecule has 14 heavy (non-hydrogen) atoms. The van der Waals surface area contributed by atoms with Gasteiger partial charge >= 0.3 is 0 Å². The van der Waals surface area contributed by atoms with Crippen molar-refractivity contribution in [2.24, 2.45) is 0 Å². The van der Waals surface area contributed by atoms with Gasteiger partial charge < -0.3 is 10.1 Å². The van der Waals surface area contributed by atoms with E-state index in [4.69, 9.17) is 16.3 Å². The summed E-state index contributed by atoms with van der Waals surface area (Å²) in [5, 5.41) is 4.00. The van der Waals surface area contributed by atoms with Gasteiger partial charge in [0.1, 0.15) is 5.75 Å². The molecule has 1 aliphatic heterocycles. The highest BCUT2D eigenvalue weighted by atomic mass is 35.5. The summed E-state index contributed by atoms with van der Waals surface area (Å²) in [7, 11) is 1.94. The van der Waals surface area contributed by atoms with E-state index in [1.54, 1.807) is 0 Å². The van der Waals surface area contributed by atoms with Crippen molar-refractivity contribution in [3.05, 3.63) is 28.3 Å². The van der Waals surface area contributed by atoms with Crippen molar-refractivity contribution in [3.63, 3.8) is 0 Å². The first kappa shape index (κ1) is 9.81. The van der Waals surface area contributed by atoms with Gasteiger partial charge in [-0.3, -0.25) is 0 Å². The SMILES string of the molecule is CNC(C)c1cc(Cl)cc2c1OCC2. The first-order chi connectivity index (χ1) is 6.72. The minimum absolute atomic E-state index is 0.278. The molecule has 0 aliphatic carbocycles. The van der Waals surface area contributed by atoms with E-state index in [2.05, 4.69) is 12.2 Å². The summed E-state index contributed by atoms with van der Waals surface area (Å²) in [6, 6.07) is 4.25. The summed E-state index contributed by atoms with van der Waals surface area (Å²) in [4.78, 5) is 0. The average Bonchev–Trinajstić information content (AvgIpc) is 2.62. The van der Waals surface area contributed by atoms with E-state index in [-0.39, 0.29) is 6.04 Å². The van der Waals surface area contributed by atoms with Crippen LogP contribution in [0.2, 0.25) is 5.02 Å². The molecular weight excluding hydrogens is 198 g/mol. The highest BCUT2D eigenvalue weighted by molar-refractivity contribution is 6.30. The Morgan fingerprint density at radius 3 is 3.00 bits per heavy atom. The number of ether oxygens (including phenoxy) is 1. The van der Waals surface area contributed by atoms with Gasteiger partial charge in [-0.05, 0) is 31.7 Å². The zero-order chi connectivity index (χ0) is 10.1. The number of rotatable bonds is 2. The van der Waals surface area contributed by atoms with Crippen LogP contribution in [0, 0.1) is 0 Å². The van der Waals surface area contributed by atoms with Crippen LogP contribution in [0.3, 0.4) is 0 Å². The summed E-state index contributed by atoms with van der Waals surface area (Å²) < 4.78 is 5.61. The Morgan fingerprint density at radius 2 is 2.29 bits per heavy atom. The summed E-state index contributed by atoms with van der Waals surface area (Å²) in [5.41, 5.74) is 2.39. The molecule has 1 atom stereocenters. The number of benzene rings is 1. The second-order valence-corrected chi connectivity index (χ2v) is 4.03. The third kappa shape index (κ3) is 1.60. The number of hydrogen-bond acceptors (Lipinski definition) is 2. The zero-order valence-corrected chi connectivity index (χ0v) is 9.19. The minimum atomic E-state index is 0.278. The topological polar surface area (TPSA) is 21.3 Å². The third-order valence-corrected chi connectivity index (χ3v) is 2.89. The van der Waals surface area contributed by atoms with Crippen molar-refractivity contribution in [1.29, 1.82) is 0 Å². The van der Waals surface area contributed by atoms with Crippen LogP contribution in [0.25, 0.3) is 0 Å². The maximum absolute atomic E-state index is 6.05. The second-order valence-electron chi connectivity index (χ2n) is 3.59. The van der Waals surface area contributed by atoms with E-state index >= 15 is 0 Å². The summed E-state index contributed by atoms with van der Waals surface area (Å²) in [6.07, 6.45) is 0.972. The van der Waals surface area contributed by atoms with E-state index in [0.717, 1.165) is 29.4 Å². The standard InChI is InChI=1S/C11H14ClNO/c1-7(13-2)10-6-9(12)5-8-3-4-14-11(8)10/h5-7,13H,3-4H2,1-2H3. The van der Waals surface area contributed by atoms with Crippen molar-refractivity contribution in [1.82, 2.24) is 5.32 Å². The lowest BCUT2D eigenvalue weighted by atomic mass is 10.0. The van der Waals surface area contributed by atoms with Gasteiger partial charge in [-0.1, -0.05) is 11.6 Å². The molecular formula is C11H14ClNO. The van der Waals surface area contributed by atoms with Gasteiger partial charge in [0.25, 0.3) is 0 Å². The molecule has 0 amide bonds. The lowest BCUT2D eigenvalue weighted by Gasteiger charge is -2.15. The van der Waals surface area contributed by atoms with Gasteiger partial charge in [0, 0.05) is 23.0 Å². The highest BCUT2D eigenvalue weighted by Crippen LogP contribution is 2.35. The first-order valence-electron chi connectivity index (χ1n) is 4.84. The van der Waals surface area contributed by atoms with Gasteiger partial charge in [0.05, 0.1) is 6.61 Å². The van der Waals surface area contributed by atoms with Gasteiger partial charge in [-0.15, -0.1) is 0 Å². The van der Waals surface area contributed by atoms with Crippen molar-refractivity contribution < 1.29 is 4.74 Å². The molecule has 76 valence electrons. The molecule has 1 aromatic rings. The molecule has 3 heteroatoms. The lowest BCUT2D eigenvalue weighted by molar-refractivity contribution is 0.350. The maximum atomic E-state index is 6.05. The van der Waals surface area contributed by atoms with E-state index < -0.39 is 0 Å². The number of fused-ring (bicyclic) bond motifs is 1. The smallest absolute Gasteiger partial charge is 0.127 e. The van der Waals surface area contributed by atoms with Gasteiger partial charge in [0.2, 0.25) is 0 Å². The summed E-state index contributed by atoms with van der Waals surface area (Å²) in [6.45, 7) is 2.88. The number of nitrogens with one attached hydrogen (secondary N) is 1. The Hall–Kier alpha value is -0.730. The van der Waals surface area contributed by atoms with E-state index in [1.807, 2.05) is 19.2 Å². The highest BCUT2D eigenvalue weighted by Gasteiger charge is 2.20. The van der Waals surface area contributed by atoms with Crippen LogP contribution in [0.15, 0.2) is 12.1 Å². The normalized spacial score (nSPS) is 16.2. The molecule has 2 nitrogen and oxygen atoms in total. The van der Waals surface area contributed by atoms with Crippen molar-refractivity contribution in [2.45, 2.75) is 19.4 Å². The predicted octanol–water partition coefficient (Wildman–Crippen LogP) is 2.56. The predicted molar refractivity (Wildman–Crippen MR) is 58.1 cm³/mol. The van der Waals surface area contributed by atoms with Gasteiger partial charge in [-0.25, -0.2) is 0 Å². The average molecular weight is 212 g/mol. The Balaban J connectivity index is 2.48. The zero-order valence-electron chi connectivity index (χ0n) is 8.43. The Labute approximate surface area is 89.2 Å². The number of hydrogen-bond donors (Lipinski definition) is 1. The lowest BCUT2D eigenvalue weighted by Crippen LogP contribution is -2.13. The summed E-state index contributed by atoms with van der Waals surface area (Å²) in [5.74, 6) is 1.02. The molecule has 2 rings (SSSR count). The minimum Gasteiger partial charge on any atom is -0.493 e. The molecule has 0 bridgehead atoms. The van der Waals surface area contributed by atoms with Crippen LogP contribution >= 0.6 is 11.6 Å². The molecule has 0 radical (unpaired) electrons. The molecule has 1 N–H and O–H groups in total.